The molecule has 0 N–H and O–H groups in total. The molecule has 1 aliphatic rings. The normalized spacial score (nSPS) is 25.0. The van der Waals surface area contributed by atoms with Gasteiger partial charge in [-0.2, -0.15) is 0 Å². The molecule has 0 bridgehead atoms. The molecule has 0 spiro atoms. The molecule has 1 heterocycles. The fraction of sp³-hybridized carbons (Fsp3) is 1.00. The van der Waals surface area contributed by atoms with Crippen LogP contribution in [0.4, 0.5) is 0 Å². The Morgan fingerprint density at radius 2 is 1.80 bits per heavy atom. The molecule has 3 radical (unpaired) electrons. The molecule has 0 aromatic carbocycles. The van der Waals surface area contributed by atoms with Crippen LogP contribution in [0.3, 0.4) is 0 Å². The summed E-state index contributed by atoms with van der Waals surface area (Å²) < 4.78 is 26.3. The molecule has 15 heavy (non-hydrogen) atoms. The third-order valence-electron chi connectivity index (χ3n) is 2.51. The lowest BCUT2D eigenvalue weighted by molar-refractivity contribution is -0.349. The molecular formula is C9H17O5Si. The number of hydrogen-bond acceptors (Lipinski definition) is 5. The van der Waals surface area contributed by atoms with Crippen molar-refractivity contribution in [2.45, 2.75) is 24.2 Å². The topological polar surface area (TPSA) is 49.5 Å². The van der Waals surface area contributed by atoms with E-state index < -0.39 is 11.2 Å². The Kier molecular flexibility index (Phi) is 4.27. The molecule has 0 saturated carbocycles. The number of hydrogen-bond donors (Lipinski definition) is 0. The highest BCUT2D eigenvalue weighted by Gasteiger charge is 2.48. The fourth-order valence-corrected chi connectivity index (χ4v) is 1.33. The van der Waals surface area contributed by atoms with Crippen molar-refractivity contribution >= 4 is 10.2 Å². The highest BCUT2D eigenvalue weighted by molar-refractivity contribution is 6.14. The third-order valence-corrected chi connectivity index (χ3v) is 3.37. The third kappa shape index (κ3) is 2.77. The maximum Gasteiger partial charge on any atom is 0.215 e. The summed E-state index contributed by atoms with van der Waals surface area (Å²) in [6.45, 7) is 2.91. The minimum Gasteiger partial charge on any atom is -0.371 e. The first-order valence-corrected chi connectivity index (χ1v) is 5.17. The summed E-state index contributed by atoms with van der Waals surface area (Å²) in [5, 5.41) is 0. The minimum absolute atomic E-state index is 0.157. The van der Waals surface area contributed by atoms with E-state index in [1.165, 1.54) is 21.3 Å². The molecule has 5 nitrogen and oxygen atoms in total. The average Bonchev–Trinajstić information content (AvgIpc) is 3.08. The predicted molar refractivity (Wildman–Crippen MR) is 53.6 cm³/mol. The second-order valence-electron chi connectivity index (χ2n) is 3.44. The van der Waals surface area contributed by atoms with Crippen molar-refractivity contribution < 1.29 is 23.7 Å². The summed E-state index contributed by atoms with van der Waals surface area (Å²) in [4.78, 5) is 0. The zero-order valence-corrected chi connectivity index (χ0v) is 10.5. The molecule has 1 saturated heterocycles. The van der Waals surface area contributed by atoms with E-state index in [4.69, 9.17) is 23.7 Å². The Labute approximate surface area is 93.4 Å². The van der Waals surface area contributed by atoms with Crippen LogP contribution in [-0.4, -0.2) is 62.1 Å². The molecule has 1 rings (SSSR count). The molecule has 87 valence electrons. The summed E-state index contributed by atoms with van der Waals surface area (Å²) in [6, 6.07) is 0. The van der Waals surface area contributed by atoms with Gasteiger partial charge in [-0.15, -0.1) is 0 Å². The summed E-state index contributed by atoms with van der Waals surface area (Å²) in [5.41, 5.74) is -1.14. The maximum atomic E-state index is 5.60. The van der Waals surface area contributed by atoms with Gasteiger partial charge >= 0.3 is 0 Å². The van der Waals surface area contributed by atoms with Crippen LogP contribution in [0.15, 0.2) is 0 Å². The molecule has 0 aromatic rings. The van der Waals surface area contributed by atoms with E-state index in [1.54, 1.807) is 6.92 Å². The molecular weight excluding hydrogens is 216 g/mol. The molecule has 2 atom stereocenters. The standard InChI is InChI=1S/C9H17O5Si/c1-8(10-2,9(15,11-3)12-4)14-6-7-5-13-7/h7H,5-6H2,1-4H3. The predicted octanol–water partition coefficient (Wildman–Crippen LogP) is -0.120. The van der Waals surface area contributed by atoms with Crippen LogP contribution < -0.4 is 0 Å². The van der Waals surface area contributed by atoms with Crippen LogP contribution >= 0.6 is 0 Å². The molecule has 0 aliphatic carbocycles. The van der Waals surface area contributed by atoms with Gasteiger partial charge in [0.05, 0.1) is 13.2 Å². The van der Waals surface area contributed by atoms with E-state index >= 15 is 0 Å². The Balaban J connectivity index is 2.61. The van der Waals surface area contributed by atoms with Gasteiger partial charge in [0.25, 0.3) is 0 Å². The van der Waals surface area contributed by atoms with E-state index in [1.807, 2.05) is 0 Å². The van der Waals surface area contributed by atoms with Crippen molar-refractivity contribution in [2.24, 2.45) is 0 Å². The first-order valence-electron chi connectivity index (χ1n) is 4.67. The van der Waals surface area contributed by atoms with Gasteiger partial charge < -0.3 is 23.7 Å². The van der Waals surface area contributed by atoms with Crippen molar-refractivity contribution in [1.29, 1.82) is 0 Å². The van der Waals surface area contributed by atoms with Gasteiger partial charge in [-0.1, -0.05) is 0 Å². The van der Waals surface area contributed by atoms with Crippen molar-refractivity contribution in [1.82, 2.24) is 0 Å². The van der Waals surface area contributed by atoms with Gasteiger partial charge in [-0.25, -0.2) is 0 Å². The van der Waals surface area contributed by atoms with Gasteiger partial charge in [0, 0.05) is 21.3 Å². The van der Waals surface area contributed by atoms with E-state index in [0.717, 1.165) is 6.61 Å². The second-order valence-corrected chi connectivity index (χ2v) is 4.10. The highest BCUT2D eigenvalue weighted by Crippen LogP contribution is 2.29. The number of methoxy groups -OCH3 is 3. The summed E-state index contributed by atoms with van der Waals surface area (Å²) in [5.74, 6) is -1.04. The van der Waals surface area contributed by atoms with Gasteiger partial charge in [0.15, 0.2) is 5.41 Å². The first kappa shape index (κ1) is 13.1. The highest BCUT2D eigenvalue weighted by atomic mass is 28.1. The van der Waals surface area contributed by atoms with Crippen molar-refractivity contribution in [3.8, 4) is 0 Å². The second kappa shape index (κ2) is 4.90. The summed E-state index contributed by atoms with van der Waals surface area (Å²) >= 11 is 0. The van der Waals surface area contributed by atoms with E-state index in [9.17, 15) is 0 Å². The van der Waals surface area contributed by atoms with Crippen LogP contribution in [-0.2, 0) is 23.7 Å². The molecule has 0 amide bonds. The monoisotopic (exact) mass is 233 g/mol. The Hall–Kier alpha value is 0.0169. The van der Waals surface area contributed by atoms with Crippen molar-refractivity contribution in [2.75, 3.05) is 34.5 Å². The maximum absolute atomic E-state index is 5.60. The van der Waals surface area contributed by atoms with E-state index in [-0.39, 0.29) is 6.10 Å². The van der Waals surface area contributed by atoms with Gasteiger partial charge in [0.2, 0.25) is 5.79 Å². The lowest BCUT2D eigenvalue weighted by Crippen LogP contribution is -2.58. The Bertz CT molecular complexity index is 205. The quantitative estimate of drug-likeness (QED) is 0.348. The molecule has 6 heteroatoms. The van der Waals surface area contributed by atoms with Crippen molar-refractivity contribution in [3.63, 3.8) is 0 Å². The van der Waals surface area contributed by atoms with Crippen molar-refractivity contribution in [3.05, 3.63) is 0 Å². The lowest BCUT2D eigenvalue weighted by atomic mass is 10.3. The Morgan fingerprint density at radius 3 is 2.13 bits per heavy atom. The Morgan fingerprint density at radius 1 is 1.27 bits per heavy atom. The zero-order valence-electron chi connectivity index (χ0n) is 9.53. The van der Waals surface area contributed by atoms with Gasteiger partial charge in [-0.3, -0.25) is 0 Å². The average molecular weight is 233 g/mol. The number of ether oxygens (including phenoxy) is 5. The molecule has 1 aliphatic heterocycles. The molecule has 1 fully saturated rings. The minimum atomic E-state index is -1.14. The zero-order chi connectivity index (χ0) is 11.5. The smallest absolute Gasteiger partial charge is 0.215 e. The van der Waals surface area contributed by atoms with E-state index in [0.29, 0.717) is 6.61 Å². The first-order chi connectivity index (χ1) is 7.01. The van der Waals surface area contributed by atoms with Crippen LogP contribution in [0.1, 0.15) is 6.92 Å². The van der Waals surface area contributed by atoms with Crippen LogP contribution in [0.25, 0.3) is 0 Å². The number of epoxide rings is 1. The number of rotatable bonds is 7. The van der Waals surface area contributed by atoms with Gasteiger partial charge in [-0.05, 0) is 6.92 Å². The van der Waals surface area contributed by atoms with Crippen LogP contribution in [0, 0.1) is 0 Å². The molecule has 2 unspecified atom stereocenters. The molecule has 0 aromatic heterocycles. The summed E-state index contributed by atoms with van der Waals surface area (Å²) in [6.07, 6.45) is 0.157. The largest absolute Gasteiger partial charge is 0.371 e. The summed E-state index contributed by atoms with van der Waals surface area (Å²) in [7, 11) is 7.90. The van der Waals surface area contributed by atoms with E-state index in [2.05, 4.69) is 10.2 Å². The SMILES string of the molecule is COC(C)(OCC1CO1)C([Si])(OC)OC. The van der Waals surface area contributed by atoms with Crippen LogP contribution in [0.5, 0.6) is 0 Å². The van der Waals surface area contributed by atoms with Crippen LogP contribution in [0.2, 0.25) is 0 Å². The fourth-order valence-electron chi connectivity index (χ4n) is 1.16. The van der Waals surface area contributed by atoms with Gasteiger partial charge in [0.1, 0.15) is 16.3 Å². The lowest BCUT2D eigenvalue weighted by Gasteiger charge is -2.42.